The molecular weight excluding hydrogens is 387 g/mol. The van der Waals surface area contributed by atoms with Crippen LogP contribution >= 0.6 is 0 Å². The highest BCUT2D eigenvalue weighted by atomic mass is 19.1. The number of carbonyl (C=O) groups excluding carboxylic acids is 1. The third-order valence-electron chi connectivity index (χ3n) is 5.52. The van der Waals surface area contributed by atoms with Crippen LogP contribution in [0.3, 0.4) is 0 Å². The lowest BCUT2D eigenvalue weighted by molar-refractivity contribution is 0.0962. The predicted octanol–water partition coefficient (Wildman–Crippen LogP) is 6.80. The molecule has 0 saturated carbocycles. The van der Waals surface area contributed by atoms with Gasteiger partial charge >= 0.3 is 0 Å². The van der Waals surface area contributed by atoms with Crippen LogP contribution in [0.1, 0.15) is 55.1 Å². The number of allylic oxidation sites excluding steroid dienone is 1. The summed E-state index contributed by atoms with van der Waals surface area (Å²) in [4.78, 5) is 13.2. The van der Waals surface area contributed by atoms with Crippen LogP contribution in [0.5, 0.6) is 0 Å². The van der Waals surface area contributed by atoms with Crippen molar-refractivity contribution >= 4 is 5.91 Å². The van der Waals surface area contributed by atoms with Gasteiger partial charge in [0.2, 0.25) is 0 Å². The van der Waals surface area contributed by atoms with Crippen molar-refractivity contribution in [2.24, 2.45) is 0 Å². The molecule has 3 nitrogen and oxygen atoms in total. The number of nitrogens with zero attached hydrogens (tertiary/aromatic N) is 1. The van der Waals surface area contributed by atoms with Crippen molar-refractivity contribution in [2.75, 3.05) is 7.05 Å². The lowest BCUT2D eigenvalue weighted by atomic mass is 9.94. The van der Waals surface area contributed by atoms with E-state index < -0.39 is 0 Å². The molecule has 0 aliphatic rings. The Bertz CT molecular complexity index is 1030. The van der Waals surface area contributed by atoms with Crippen LogP contribution in [0, 0.1) is 5.82 Å². The molecule has 1 amide bonds. The monoisotopic (exact) mass is 418 g/mol. The molecule has 1 aromatic heterocycles. The molecule has 1 N–H and O–H groups in total. The van der Waals surface area contributed by atoms with Crippen LogP contribution in [0.25, 0.3) is 22.4 Å². The van der Waals surface area contributed by atoms with Gasteiger partial charge in [-0.15, -0.1) is 6.58 Å². The summed E-state index contributed by atoms with van der Waals surface area (Å²) in [6.45, 7) is 8.84. The van der Waals surface area contributed by atoms with Crippen molar-refractivity contribution < 1.29 is 9.18 Å². The molecule has 0 radical (unpaired) electrons. The Morgan fingerprint density at radius 3 is 2.32 bits per heavy atom. The summed E-state index contributed by atoms with van der Waals surface area (Å²) in [6.07, 6.45) is 4.89. The molecule has 1 heterocycles. The maximum atomic E-state index is 13.7. The second kappa shape index (κ2) is 10.3. The number of aromatic nitrogens is 1. The Hall–Kier alpha value is -3.14. The number of amides is 1. The van der Waals surface area contributed by atoms with E-state index in [9.17, 15) is 9.18 Å². The van der Waals surface area contributed by atoms with Gasteiger partial charge in [0.25, 0.3) is 5.91 Å². The lowest BCUT2D eigenvalue weighted by Gasteiger charge is -2.17. The van der Waals surface area contributed by atoms with E-state index in [1.807, 2.05) is 36.4 Å². The normalized spacial score (nSPS) is 11.0. The van der Waals surface area contributed by atoms with Crippen molar-refractivity contribution in [3.8, 4) is 22.4 Å². The summed E-state index contributed by atoms with van der Waals surface area (Å²) in [7, 11) is 1.67. The van der Waals surface area contributed by atoms with Crippen molar-refractivity contribution in [3.63, 3.8) is 0 Å². The molecule has 4 heteroatoms. The molecule has 0 aliphatic carbocycles. The van der Waals surface area contributed by atoms with Crippen molar-refractivity contribution in [1.29, 1.82) is 0 Å². The maximum Gasteiger partial charge on any atom is 0.253 e. The number of carbonyl (C=O) groups is 1. The van der Waals surface area contributed by atoms with Crippen LogP contribution in [0.2, 0.25) is 0 Å². The molecular formula is C27H31FN2O. The van der Waals surface area contributed by atoms with Gasteiger partial charge in [-0.1, -0.05) is 50.3 Å². The Morgan fingerprint density at radius 2 is 1.74 bits per heavy atom. The first kappa shape index (κ1) is 22.5. The van der Waals surface area contributed by atoms with Crippen molar-refractivity contribution in [1.82, 2.24) is 9.88 Å². The summed E-state index contributed by atoms with van der Waals surface area (Å²) in [5.74, 6) is -0.233. The molecule has 0 spiro atoms. The van der Waals surface area contributed by atoms with E-state index in [4.69, 9.17) is 0 Å². The molecule has 2 aromatic carbocycles. The molecule has 0 saturated heterocycles. The fourth-order valence-electron chi connectivity index (χ4n) is 4.18. The minimum Gasteiger partial charge on any atom is -0.355 e. The number of rotatable bonds is 9. The fraction of sp³-hybridized carbons (Fsp3) is 0.296. The van der Waals surface area contributed by atoms with Gasteiger partial charge in [-0.25, -0.2) is 4.39 Å². The highest BCUT2D eigenvalue weighted by Crippen LogP contribution is 2.42. The summed E-state index contributed by atoms with van der Waals surface area (Å²) in [5.41, 5.74) is 5.46. The largest absolute Gasteiger partial charge is 0.355 e. The van der Waals surface area contributed by atoms with Crippen LogP contribution < -0.4 is 5.32 Å². The Kier molecular flexibility index (Phi) is 7.45. The number of nitrogens with one attached hydrogen (secondary N) is 1. The highest BCUT2D eigenvalue weighted by Gasteiger charge is 2.29. The van der Waals surface area contributed by atoms with E-state index in [0.29, 0.717) is 5.56 Å². The zero-order chi connectivity index (χ0) is 22.4. The van der Waals surface area contributed by atoms with E-state index in [1.54, 1.807) is 19.2 Å². The smallest absolute Gasteiger partial charge is 0.253 e. The Labute approximate surface area is 184 Å². The van der Waals surface area contributed by atoms with Gasteiger partial charge in [0.05, 0.1) is 11.3 Å². The van der Waals surface area contributed by atoms with Gasteiger partial charge in [0, 0.05) is 24.8 Å². The number of halogens is 1. The van der Waals surface area contributed by atoms with Crippen molar-refractivity contribution in [3.05, 3.63) is 84.3 Å². The minimum atomic E-state index is -0.273. The first-order valence-corrected chi connectivity index (χ1v) is 10.9. The first-order chi connectivity index (χ1) is 15.0. The third-order valence-corrected chi connectivity index (χ3v) is 5.52. The topological polar surface area (TPSA) is 34.0 Å². The van der Waals surface area contributed by atoms with Crippen LogP contribution in [0.4, 0.5) is 4.39 Å². The Balaban J connectivity index is 2.35. The van der Waals surface area contributed by atoms with Crippen LogP contribution in [-0.4, -0.2) is 17.5 Å². The molecule has 3 rings (SSSR count). The van der Waals surface area contributed by atoms with Gasteiger partial charge in [0.15, 0.2) is 0 Å². The number of unbranched alkanes of at least 4 members (excludes halogenated alkanes) is 2. The second-order valence-electron chi connectivity index (χ2n) is 8.03. The van der Waals surface area contributed by atoms with Gasteiger partial charge in [0.1, 0.15) is 5.82 Å². The summed E-state index contributed by atoms with van der Waals surface area (Å²) in [5, 5.41) is 2.84. The van der Waals surface area contributed by atoms with Gasteiger partial charge < -0.3 is 9.88 Å². The van der Waals surface area contributed by atoms with E-state index in [1.165, 1.54) is 12.1 Å². The highest BCUT2D eigenvalue weighted by molar-refractivity contribution is 6.06. The van der Waals surface area contributed by atoms with E-state index in [-0.39, 0.29) is 17.6 Å². The quantitative estimate of drug-likeness (QED) is 0.301. The maximum absolute atomic E-state index is 13.7. The average molecular weight is 419 g/mol. The van der Waals surface area contributed by atoms with E-state index >= 15 is 0 Å². The number of benzene rings is 2. The molecule has 31 heavy (non-hydrogen) atoms. The van der Waals surface area contributed by atoms with Gasteiger partial charge in [-0.05, 0) is 60.6 Å². The molecule has 162 valence electrons. The third kappa shape index (κ3) is 4.79. The van der Waals surface area contributed by atoms with Gasteiger partial charge in [-0.3, -0.25) is 4.79 Å². The lowest BCUT2D eigenvalue weighted by Crippen LogP contribution is -2.21. The fourth-order valence-corrected chi connectivity index (χ4v) is 4.18. The number of hydrogen-bond acceptors (Lipinski definition) is 1. The van der Waals surface area contributed by atoms with Crippen LogP contribution in [0.15, 0.2) is 67.3 Å². The second-order valence-corrected chi connectivity index (χ2v) is 8.03. The average Bonchev–Trinajstić information content (AvgIpc) is 3.12. The number of hydrogen-bond donors (Lipinski definition) is 1. The van der Waals surface area contributed by atoms with E-state index in [2.05, 4.69) is 30.3 Å². The Morgan fingerprint density at radius 1 is 1.06 bits per heavy atom. The molecule has 3 aromatic rings. The minimum absolute atomic E-state index is 0.101. The summed E-state index contributed by atoms with van der Waals surface area (Å²) in [6, 6.07) is 16.5. The molecule has 0 atom stereocenters. The molecule has 0 unspecified atom stereocenters. The zero-order valence-corrected chi connectivity index (χ0v) is 18.6. The molecule has 0 bridgehead atoms. The first-order valence-electron chi connectivity index (χ1n) is 10.9. The standard InChI is InChI=1S/C27H31FN2O/c1-5-6-7-11-18-30-25(19(2)3)24(27(31)29-4)23(20-12-9-8-10-13-20)26(30)21-14-16-22(28)17-15-21/h5,8-10,12-17,19H,1,6-7,11,18H2,2-4H3,(H,29,31). The SMILES string of the molecule is C=CCCCCn1c(-c2ccc(F)cc2)c(-c2ccccc2)c(C(=O)NC)c1C(C)C. The summed E-state index contributed by atoms with van der Waals surface area (Å²) < 4.78 is 16.0. The molecule has 0 fully saturated rings. The van der Waals surface area contributed by atoms with Gasteiger partial charge in [-0.2, -0.15) is 0 Å². The van der Waals surface area contributed by atoms with E-state index in [0.717, 1.165) is 53.9 Å². The van der Waals surface area contributed by atoms with Crippen molar-refractivity contribution in [2.45, 2.75) is 45.6 Å². The zero-order valence-electron chi connectivity index (χ0n) is 18.6. The predicted molar refractivity (Wildman–Crippen MR) is 127 cm³/mol. The summed E-state index contributed by atoms with van der Waals surface area (Å²) >= 11 is 0. The van der Waals surface area contributed by atoms with Crippen LogP contribution in [-0.2, 0) is 6.54 Å². The molecule has 0 aliphatic heterocycles.